The second-order valence-electron chi connectivity index (χ2n) is 7.45. The summed E-state index contributed by atoms with van der Waals surface area (Å²) in [6.07, 6.45) is 5.47. The highest BCUT2D eigenvalue weighted by Crippen LogP contribution is 2.36. The van der Waals surface area contributed by atoms with Crippen LogP contribution in [0.5, 0.6) is 0 Å². The first-order valence-corrected chi connectivity index (χ1v) is 9.19. The molecule has 0 aliphatic heterocycles. The van der Waals surface area contributed by atoms with Gasteiger partial charge in [0.05, 0.1) is 17.4 Å². The van der Waals surface area contributed by atoms with Gasteiger partial charge in [0, 0.05) is 23.5 Å². The highest BCUT2D eigenvalue weighted by molar-refractivity contribution is 5.99. The maximum atomic E-state index is 13.6. The lowest BCUT2D eigenvalue weighted by Crippen LogP contribution is -2.29. The molecule has 1 unspecified atom stereocenters. The maximum absolute atomic E-state index is 13.6. The predicted octanol–water partition coefficient (Wildman–Crippen LogP) is 2.21. The quantitative estimate of drug-likeness (QED) is 0.643. The normalized spacial score (nSPS) is 19.3. The largest absolute Gasteiger partial charge is 0.380 e. The van der Waals surface area contributed by atoms with Crippen LogP contribution in [-0.4, -0.2) is 37.6 Å². The molecule has 0 saturated heterocycles. The average Bonchev–Trinajstić information content (AvgIpc) is 3.31. The minimum atomic E-state index is -1.22. The number of nitrogens with one attached hydrogen (secondary N) is 2. The van der Waals surface area contributed by atoms with E-state index in [0.717, 1.165) is 11.3 Å². The molecule has 2 heterocycles. The number of fused-ring (bicyclic) bond motifs is 2. The molecule has 0 radical (unpaired) electrons. The van der Waals surface area contributed by atoms with Gasteiger partial charge >= 0.3 is 0 Å². The molecular weight excluding hydrogens is 361 g/mol. The molecule has 8 heteroatoms. The molecule has 5 rings (SSSR count). The molecule has 1 amide bonds. The third-order valence-electron chi connectivity index (χ3n) is 5.31. The molecule has 28 heavy (non-hydrogen) atoms. The average molecular weight is 379 g/mol. The van der Waals surface area contributed by atoms with Gasteiger partial charge in [-0.15, -0.1) is 0 Å². The van der Waals surface area contributed by atoms with Crippen molar-refractivity contribution in [1.29, 1.82) is 0 Å². The Balaban J connectivity index is 1.33. The summed E-state index contributed by atoms with van der Waals surface area (Å²) in [6, 6.07) is 6.38. The van der Waals surface area contributed by atoms with Crippen LogP contribution in [0.15, 0.2) is 36.8 Å². The smallest absolute Gasteiger partial charge is 0.256 e. The van der Waals surface area contributed by atoms with E-state index in [-0.39, 0.29) is 17.8 Å². The van der Waals surface area contributed by atoms with Crippen LogP contribution in [0.25, 0.3) is 10.9 Å². The molecule has 0 spiro atoms. The van der Waals surface area contributed by atoms with Crippen molar-refractivity contribution in [2.75, 3.05) is 10.6 Å². The van der Waals surface area contributed by atoms with Gasteiger partial charge in [0.1, 0.15) is 23.6 Å². The molecule has 3 aromatic rings. The van der Waals surface area contributed by atoms with Crippen LogP contribution in [0.3, 0.4) is 0 Å². The number of anilines is 2. The minimum absolute atomic E-state index is 0.0578. The zero-order valence-corrected chi connectivity index (χ0v) is 14.9. The van der Waals surface area contributed by atoms with E-state index in [1.54, 1.807) is 12.3 Å². The highest BCUT2D eigenvalue weighted by Gasteiger charge is 2.48. The van der Waals surface area contributed by atoms with Crippen molar-refractivity contribution in [2.45, 2.75) is 37.3 Å². The molecule has 2 aromatic heterocycles. The maximum Gasteiger partial charge on any atom is 0.256 e. The summed E-state index contributed by atoms with van der Waals surface area (Å²) in [4.78, 5) is 24.9. The summed E-state index contributed by atoms with van der Waals surface area (Å²) in [7, 11) is 0. The number of halogens is 1. The third kappa shape index (κ3) is 3.05. The lowest BCUT2D eigenvalue weighted by molar-refractivity contribution is -0.125. The monoisotopic (exact) mass is 379 g/mol. The number of aliphatic hydroxyl groups is 1. The van der Waals surface area contributed by atoms with Gasteiger partial charge in [0.25, 0.3) is 5.91 Å². The summed E-state index contributed by atoms with van der Waals surface area (Å²) in [5.41, 5.74) is 2.02. The summed E-state index contributed by atoms with van der Waals surface area (Å²) in [5, 5.41) is 16.6. The lowest BCUT2D eigenvalue weighted by Gasteiger charge is -2.14. The van der Waals surface area contributed by atoms with E-state index in [9.17, 15) is 14.3 Å². The van der Waals surface area contributed by atoms with Crippen molar-refractivity contribution >= 4 is 28.3 Å². The summed E-state index contributed by atoms with van der Waals surface area (Å²) < 4.78 is 13.6. The standard InChI is InChI=1S/C20H18FN5O2/c21-12-1-2-16-15(7-12)18(24-10-23-16)25-13-5-11-6-14(9-22-17(11)8-13)26-19(27)20(28)3-4-20/h1-2,6-7,9-10,13,28H,3-5,8H2,(H,26,27)(H,23,24,25). The zero-order valence-electron chi connectivity index (χ0n) is 14.9. The van der Waals surface area contributed by atoms with Gasteiger partial charge in [0.2, 0.25) is 0 Å². The van der Waals surface area contributed by atoms with Crippen molar-refractivity contribution in [3.8, 4) is 0 Å². The summed E-state index contributed by atoms with van der Waals surface area (Å²) >= 11 is 0. The highest BCUT2D eigenvalue weighted by atomic mass is 19.1. The van der Waals surface area contributed by atoms with Crippen LogP contribution in [0, 0.1) is 5.82 Å². The number of nitrogens with zero attached hydrogens (tertiary/aromatic N) is 3. The molecule has 2 aliphatic carbocycles. The Labute approximate surface area is 160 Å². The second-order valence-corrected chi connectivity index (χ2v) is 7.45. The Morgan fingerprint density at radius 3 is 2.86 bits per heavy atom. The van der Waals surface area contributed by atoms with E-state index in [2.05, 4.69) is 25.6 Å². The van der Waals surface area contributed by atoms with E-state index in [1.165, 1.54) is 18.5 Å². The van der Waals surface area contributed by atoms with E-state index >= 15 is 0 Å². The van der Waals surface area contributed by atoms with Gasteiger partial charge in [-0.3, -0.25) is 9.78 Å². The Morgan fingerprint density at radius 1 is 1.18 bits per heavy atom. The Morgan fingerprint density at radius 2 is 2.04 bits per heavy atom. The van der Waals surface area contributed by atoms with Gasteiger partial charge in [-0.25, -0.2) is 14.4 Å². The summed E-state index contributed by atoms with van der Waals surface area (Å²) in [5.74, 6) is -0.123. The van der Waals surface area contributed by atoms with Crippen LogP contribution in [0.1, 0.15) is 24.1 Å². The molecule has 1 fully saturated rings. The first-order chi connectivity index (χ1) is 13.5. The van der Waals surface area contributed by atoms with Crippen molar-refractivity contribution < 1.29 is 14.3 Å². The molecule has 142 valence electrons. The molecule has 1 saturated carbocycles. The number of benzene rings is 1. The predicted molar refractivity (Wildman–Crippen MR) is 101 cm³/mol. The van der Waals surface area contributed by atoms with Crippen molar-refractivity contribution in [2.24, 2.45) is 0 Å². The Bertz CT molecular complexity index is 1100. The fourth-order valence-corrected chi connectivity index (χ4v) is 3.57. The first kappa shape index (κ1) is 17.0. The second kappa shape index (κ2) is 6.20. The van der Waals surface area contributed by atoms with Crippen LogP contribution < -0.4 is 10.6 Å². The molecule has 3 N–H and O–H groups in total. The third-order valence-corrected chi connectivity index (χ3v) is 5.31. The fraction of sp³-hybridized carbons (Fsp3) is 0.300. The van der Waals surface area contributed by atoms with Crippen LogP contribution in [0.2, 0.25) is 0 Å². The number of rotatable bonds is 4. The van der Waals surface area contributed by atoms with E-state index < -0.39 is 5.60 Å². The number of aromatic nitrogens is 3. The van der Waals surface area contributed by atoms with E-state index in [1.807, 2.05) is 6.07 Å². The first-order valence-electron chi connectivity index (χ1n) is 9.19. The van der Waals surface area contributed by atoms with Crippen molar-refractivity contribution in [3.63, 3.8) is 0 Å². The van der Waals surface area contributed by atoms with Gasteiger partial charge in [-0.1, -0.05) is 0 Å². The van der Waals surface area contributed by atoms with E-state index in [4.69, 9.17) is 0 Å². The van der Waals surface area contributed by atoms with Crippen LogP contribution in [0.4, 0.5) is 15.9 Å². The van der Waals surface area contributed by atoms with Crippen molar-refractivity contribution in [3.05, 3.63) is 53.9 Å². The lowest BCUT2D eigenvalue weighted by atomic mass is 10.1. The topological polar surface area (TPSA) is 100 Å². The Kier molecular flexibility index (Phi) is 3.77. The molecule has 1 atom stereocenters. The van der Waals surface area contributed by atoms with E-state index in [0.29, 0.717) is 48.1 Å². The van der Waals surface area contributed by atoms with Gasteiger partial charge in [0.15, 0.2) is 0 Å². The SMILES string of the molecule is O=C(Nc1cnc2c(c1)CC(Nc1ncnc3ccc(F)cc13)C2)C1(O)CC1. The number of carbonyl (C=O) groups excluding carboxylic acids is 1. The zero-order chi connectivity index (χ0) is 19.3. The number of pyridine rings is 1. The number of amides is 1. The van der Waals surface area contributed by atoms with Gasteiger partial charge < -0.3 is 15.7 Å². The molecule has 2 aliphatic rings. The molecular formula is C20H18FN5O2. The van der Waals surface area contributed by atoms with Crippen molar-refractivity contribution in [1.82, 2.24) is 15.0 Å². The number of hydrogen-bond donors (Lipinski definition) is 3. The number of carbonyl (C=O) groups is 1. The van der Waals surface area contributed by atoms with Crippen LogP contribution in [-0.2, 0) is 17.6 Å². The van der Waals surface area contributed by atoms with Gasteiger partial charge in [-0.2, -0.15) is 0 Å². The minimum Gasteiger partial charge on any atom is -0.380 e. The van der Waals surface area contributed by atoms with Gasteiger partial charge in [-0.05, 0) is 49.1 Å². The fourth-order valence-electron chi connectivity index (χ4n) is 3.57. The summed E-state index contributed by atoms with van der Waals surface area (Å²) in [6.45, 7) is 0. The number of hydrogen-bond acceptors (Lipinski definition) is 6. The molecule has 1 aromatic carbocycles. The molecule has 0 bridgehead atoms. The molecule has 7 nitrogen and oxygen atoms in total. The Hall–Kier alpha value is -3.13. The van der Waals surface area contributed by atoms with Crippen LogP contribution >= 0.6 is 0 Å².